The highest BCUT2D eigenvalue weighted by Gasteiger charge is 2.26. The van der Waals surface area contributed by atoms with Crippen molar-refractivity contribution in [2.75, 3.05) is 31.1 Å². The molecule has 1 aliphatic rings. The highest BCUT2D eigenvalue weighted by atomic mass is 35.5. The van der Waals surface area contributed by atoms with Gasteiger partial charge in [0.15, 0.2) is 5.01 Å². The Bertz CT molecular complexity index is 1020. The highest BCUT2D eigenvalue weighted by Crippen LogP contribution is 2.32. The minimum atomic E-state index is -0.536. The molecule has 0 N–H and O–H groups in total. The van der Waals surface area contributed by atoms with E-state index in [2.05, 4.69) is 15.1 Å². The maximum absolute atomic E-state index is 12.8. The molecule has 1 aliphatic heterocycles. The van der Waals surface area contributed by atoms with Gasteiger partial charge in [0.1, 0.15) is 0 Å². The molecule has 1 aromatic carbocycles. The molecule has 3 heterocycles. The van der Waals surface area contributed by atoms with Gasteiger partial charge in [0.05, 0.1) is 20.4 Å². The van der Waals surface area contributed by atoms with Crippen LogP contribution in [0.15, 0.2) is 35.7 Å². The molecule has 0 unspecified atom stereocenters. The van der Waals surface area contributed by atoms with Crippen molar-refractivity contribution in [3.05, 3.63) is 56.4 Å². The second-order valence-corrected chi connectivity index (χ2v) is 8.38. The molecule has 1 amide bonds. The zero-order chi connectivity index (χ0) is 19.7. The fraction of sp³-hybridized carbons (Fsp3) is 0.235. The molecule has 11 heteroatoms. The summed E-state index contributed by atoms with van der Waals surface area (Å²) in [5.74, 6) is -0.301. The summed E-state index contributed by atoms with van der Waals surface area (Å²) < 4.78 is 0. The molecular formula is C17H14ClN5O3S2. The molecule has 8 nitrogen and oxygen atoms in total. The molecule has 0 spiro atoms. The van der Waals surface area contributed by atoms with E-state index in [9.17, 15) is 14.9 Å². The van der Waals surface area contributed by atoms with Crippen LogP contribution >= 0.6 is 34.3 Å². The normalized spacial score (nSPS) is 14.3. The summed E-state index contributed by atoms with van der Waals surface area (Å²) in [5.41, 5.74) is 0.00145. The van der Waals surface area contributed by atoms with Gasteiger partial charge in [-0.3, -0.25) is 14.9 Å². The predicted octanol–water partition coefficient (Wildman–Crippen LogP) is 3.79. The van der Waals surface area contributed by atoms with Crippen LogP contribution in [0.5, 0.6) is 0 Å². The zero-order valence-corrected chi connectivity index (χ0v) is 16.8. The zero-order valence-electron chi connectivity index (χ0n) is 14.4. The number of piperazine rings is 1. The Balaban J connectivity index is 1.44. The minimum Gasteiger partial charge on any atom is -0.343 e. The third-order valence-corrected chi connectivity index (χ3v) is 6.73. The van der Waals surface area contributed by atoms with Crippen LogP contribution in [-0.2, 0) is 0 Å². The topological polar surface area (TPSA) is 92.5 Å². The van der Waals surface area contributed by atoms with Gasteiger partial charge in [-0.25, -0.2) is 0 Å². The number of halogens is 1. The summed E-state index contributed by atoms with van der Waals surface area (Å²) in [7, 11) is 0. The lowest BCUT2D eigenvalue weighted by Crippen LogP contribution is -2.48. The first-order valence-electron chi connectivity index (χ1n) is 8.38. The van der Waals surface area contributed by atoms with Crippen molar-refractivity contribution in [3.8, 4) is 9.88 Å². The average Bonchev–Trinajstić information content (AvgIpc) is 3.39. The third-order valence-electron chi connectivity index (χ3n) is 4.37. The van der Waals surface area contributed by atoms with Gasteiger partial charge in [0, 0.05) is 38.3 Å². The third kappa shape index (κ3) is 3.71. The summed E-state index contributed by atoms with van der Waals surface area (Å²) in [6, 6.07) is 7.89. The molecule has 0 bridgehead atoms. The fourth-order valence-corrected chi connectivity index (χ4v) is 4.79. The number of non-ortho nitro benzene ring substituents is 1. The number of rotatable bonds is 4. The van der Waals surface area contributed by atoms with E-state index in [1.807, 2.05) is 17.5 Å². The number of aromatic nitrogens is 2. The quantitative estimate of drug-likeness (QED) is 0.457. The number of nitro benzene ring substituents is 1. The van der Waals surface area contributed by atoms with Crippen molar-refractivity contribution in [3.63, 3.8) is 0 Å². The fourth-order valence-electron chi connectivity index (χ4n) is 2.90. The smallest absolute Gasteiger partial charge is 0.270 e. The molecule has 0 radical (unpaired) electrons. The maximum atomic E-state index is 12.8. The number of hydrogen-bond donors (Lipinski definition) is 0. The Morgan fingerprint density at radius 2 is 1.96 bits per heavy atom. The SMILES string of the molecule is O=C(c1cc([N+](=O)[O-])ccc1Cl)N1CCN(c2nnc(-c3cccs3)s2)CC1. The maximum Gasteiger partial charge on any atom is 0.270 e. The van der Waals surface area contributed by atoms with Gasteiger partial charge in [-0.15, -0.1) is 21.5 Å². The van der Waals surface area contributed by atoms with Crippen molar-refractivity contribution < 1.29 is 9.72 Å². The Kier molecular flexibility index (Phi) is 5.25. The summed E-state index contributed by atoms with van der Waals surface area (Å²) in [5, 5.41) is 23.4. The van der Waals surface area contributed by atoms with Crippen molar-refractivity contribution in [2.24, 2.45) is 0 Å². The van der Waals surface area contributed by atoms with Crippen LogP contribution in [0.3, 0.4) is 0 Å². The van der Waals surface area contributed by atoms with E-state index in [0.717, 1.165) is 15.0 Å². The number of benzene rings is 1. The standard InChI is InChI=1S/C17H14ClN5O3S2/c18-13-4-3-11(23(25)26)10-12(13)16(24)21-5-7-22(8-6-21)17-20-19-15(28-17)14-2-1-9-27-14/h1-4,9-10H,5-8H2. The van der Waals surface area contributed by atoms with Gasteiger partial charge in [-0.05, 0) is 17.5 Å². The molecular weight excluding hydrogens is 422 g/mol. The van der Waals surface area contributed by atoms with Gasteiger partial charge in [0.25, 0.3) is 11.6 Å². The van der Waals surface area contributed by atoms with Crippen LogP contribution in [0, 0.1) is 10.1 Å². The van der Waals surface area contributed by atoms with Crippen LogP contribution in [0.2, 0.25) is 5.02 Å². The molecule has 3 aromatic rings. The molecule has 2 aromatic heterocycles. The van der Waals surface area contributed by atoms with Crippen LogP contribution < -0.4 is 4.90 Å². The van der Waals surface area contributed by atoms with E-state index in [1.54, 1.807) is 16.2 Å². The first-order chi connectivity index (χ1) is 13.5. The summed E-state index contributed by atoms with van der Waals surface area (Å²) in [6.45, 7) is 2.17. The summed E-state index contributed by atoms with van der Waals surface area (Å²) >= 11 is 9.24. The molecule has 144 valence electrons. The van der Waals surface area contributed by atoms with Gasteiger partial charge >= 0.3 is 0 Å². The molecule has 0 aliphatic carbocycles. The van der Waals surface area contributed by atoms with E-state index < -0.39 is 4.92 Å². The molecule has 4 rings (SSSR count). The Morgan fingerprint density at radius 3 is 2.64 bits per heavy atom. The molecule has 1 fully saturated rings. The second kappa shape index (κ2) is 7.82. The largest absolute Gasteiger partial charge is 0.343 e. The van der Waals surface area contributed by atoms with Crippen molar-refractivity contribution in [1.82, 2.24) is 15.1 Å². The monoisotopic (exact) mass is 435 g/mol. The van der Waals surface area contributed by atoms with Gasteiger partial charge in [0.2, 0.25) is 5.13 Å². The first kappa shape index (κ1) is 18.8. The first-order valence-corrected chi connectivity index (χ1v) is 10.5. The van der Waals surface area contributed by atoms with E-state index in [4.69, 9.17) is 11.6 Å². The van der Waals surface area contributed by atoms with Crippen LogP contribution in [-0.4, -0.2) is 52.1 Å². The van der Waals surface area contributed by atoms with Gasteiger partial charge in [-0.1, -0.05) is 29.0 Å². The summed E-state index contributed by atoms with van der Waals surface area (Å²) in [4.78, 5) is 28.0. The van der Waals surface area contributed by atoms with E-state index in [0.29, 0.717) is 26.2 Å². The van der Waals surface area contributed by atoms with E-state index >= 15 is 0 Å². The van der Waals surface area contributed by atoms with Gasteiger partial charge in [-0.2, -0.15) is 0 Å². The minimum absolute atomic E-state index is 0.152. The predicted molar refractivity (Wildman–Crippen MR) is 109 cm³/mol. The second-order valence-electron chi connectivity index (χ2n) is 6.07. The Morgan fingerprint density at radius 1 is 1.18 bits per heavy atom. The number of nitrogens with zero attached hydrogens (tertiary/aromatic N) is 5. The molecule has 28 heavy (non-hydrogen) atoms. The summed E-state index contributed by atoms with van der Waals surface area (Å²) in [6.07, 6.45) is 0. The Hall–Kier alpha value is -2.56. The van der Waals surface area contributed by atoms with Crippen molar-refractivity contribution in [2.45, 2.75) is 0 Å². The highest BCUT2D eigenvalue weighted by molar-refractivity contribution is 7.22. The number of carbonyl (C=O) groups excluding carboxylic acids is 1. The molecule has 0 saturated carbocycles. The number of anilines is 1. The van der Waals surface area contributed by atoms with E-state index in [1.165, 1.54) is 29.5 Å². The number of carbonyl (C=O) groups is 1. The number of amides is 1. The lowest BCUT2D eigenvalue weighted by atomic mass is 10.1. The number of thiophene rings is 1. The van der Waals surface area contributed by atoms with Crippen LogP contribution in [0.4, 0.5) is 10.8 Å². The average molecular weight is 436 g/mol. The van der Waals surface area contributed by atoms with Gasteiger partial charge < -0.3 is 9.80 Å². The van der Waals surface area contributed by atoms with Crippen LogP contribution in [0.1, 0.15) is 10.4 Å². The Labute approximate surface area is 173 Å². The number of hydrogen-bond acceptors (Lipinski definition) is 8. The van der Waals surface area contributed by atoms with Crippen LogP contribution in [0.25, 0.3) is 9.88 Å². The molecule has 0 atom stereocenters. The number of nitro groups is 1. The van der Waals surface area contributed by atoms with Crippen molar-refractivity contribution in [1.29, 1.82) is 0 Å². The van der Waals surface area contributed by atoms with Crippen molar-refractivity contribution >= 4 is 51.0 Å². The molecule has 1 saturated heterocycles. The van der Waals surface area contributed by atoms with E-state index in [-0.39, 0.29) is 22.2 Å². The lowest BCUT2D eigenvalue weighted by molar-refractivity contribution is -0.384. The lowest BCUT2D eigenvalue weighted by Gasteiger charge is -2.34.